The molecular weight excluding hydrogens is 538 g/mol. The van der Waals surface area contributed by atoms with Gasteiger partial charge < -0.3 is 24.3 Å². The number of hydrogen-bond donors (Lipinski definition) is 0. The second kappa shape index (κ2) is 12.2. The maximum atomic E-state index is 12.6. The van der Waals surface area contributed by atoms with Crippen LogP contribution in [-0.4, -0.2) is 90.2 Å². The molecule has 0 spiro atoms. The zero-order chi connectivity index (χ0) is 30.1. The Hall–Kier alpha value is -4.16. The molecule has 6 rings (SSSR count). The molecule has 0 bridgehead atoms. The van der Waals surface area contributed by atoms with Crippen LogP contribution in [0.1, 0.15) is 36.6 Å². The number of carbonyl (C=O) groups is 1. The molecule has 2 aliphatic heterocycles. The van der Waals surface area contributed by atoms with Crippen molar-refractivity contribution in [2.24, 2.45) is 0 Å². The van der Waals surface area contributed by atoms with E-state index in [9.17, 15) is 4.79 Å². The standard InChI is InChI=1S/C34H41N7O2/c1-6-31(42)41-18-17-40(20-27(41)19-35-4)33-28-15-16-39(30-12-8-11-25-10-7-9-23(2)32(25)30)21-29(28)36-34(37-33)43-22-24(3)38(5)26-13-14-26/h6-12,24,26-27H,1,13-22H2,2-3,5H3/t24-,27?/m1/s1. The number of nitrogens with zero attached hydrogens (tertiary/aromatic N) is 7. The third kappa shape index (κ3) is 5.89. The molecule has 1 saturated carbocycles. The molecule has 1 aliphatic carbocycles. The van der Waals surface area contributed by atoms with E-state index in [1.165, 1.54) is 40.9 Å². The zero-order valence-electron chi connectivity index (χ0n) is 25.5. The van der Waals surface area contributed by atoms with E-state index in [4.69, 9.17) is 21.3 Å². The molecule has 43 heavy (non-hydrogen) atoms. The van der Waals surface area contributed by atoms with Crippen LogP contribution in [0.3, 0.4) is 0 Å². The van der Waals surface area contributed by atoms with E-state index in [0.29, 0.717) is 44.8 Å². The van der Waals surface area contributed by atoms with Crippen molar-refractivity contribution in [1.82, 2.24) is 19.8 Å². The molecule has 1 unspecified atom stereocenters. The van der Waals surface area contributed by atoms with Gasteiger partial charge in [0.05, 0.1) is 12.2 Å². The highest BCUT2D eigenvalue weighted by Gasteiger charge is 2.35. The van der Waals surface area contributed by atoms with Gasteiger partial charge in [-0.05, 0) is 63.2 Å². The van der Waals surface area contributed by atoms with Crippen LogP contribution in [0.4, 0.5) is 11.5 Å². The molecular formula is C34H41N7O2. The quantitative estimate of drug-likeness (QED) is 0.273. The van der Waals surface area contributed by atoms with Crippen molar-refractivity contribution < 1.29 is 9.53 Å². The first-order chi connectivity index (χ1) is 20.9. The SMILES string of the molecule is [C-]#[N+]CC1CN(c2nc(OC[C@@H](C)N(C)C3CC3)nc3c2CCN(c2cccc4cccc(C)c24)C3)CCN1C(=O)C=C. The number of amides is 1. The van der Waals surface area contributed by atoms with Gasteiger partial charge in [-0.1, -0.05) is 36.9 Å². The van der Waals surface area contributed by atoms with Crippen LogP contribution in [0.2, 0.25) is 0 Å². The minimum atomic E-state index is -0.224. The van der Waals surface area contributed by atoms with Gasteiger partial charge in [-0.25, -0.2) is 6.57 Å². The summed E-state index contributed by atoms with van der Waals surface area (Å²) in [6.45, 7) is 19.5. The van der Waals surface area contributed by atoms with E-state index in [2.05, 4.69) is 83.4 Å². The monoisotopic (exact) mass is 579 g/mol. The Labute approximate surface area is 254 Å². The summed E-state index contributed by atoms with van der Waals surface area (Å²) in [4.78, 5) is 35.0. The lowest BCUT2D eigenvalue weighted by Gasteiger charge is -2.41. The first-order valence-corrected chi connectivity index (χ1v) is 15.4. The van der Waals surface area contributed by atoms with Crippen molar-refractivity contribution in [3.63, 3.8) is 0 Å². The Morgan fingerprint density at radius 3 is 2.72 bits per heavy atom. The van der Waals surface area contributed by atoms with E-state index < -0.39 is 0 Å². The Morgan fingerprint density at radius 1 is 1.19 bits per heavy atom. The maximum Gasteiger partial charge on any atom is 0.318 e. The number of aryl methyl sites for hydroxylation is 1. The predicted octanol–water partition coefficient (Wildman–Crippen LogP) is 4.48. The van der Waals surface area contributed by atoms with E-state index in [-0.39, 0.29) is 24.5 Å². The van der Waals surface area contributed by atoms with Crippen LogP contribution in [0.25, 0.3) is 15.6 Å². The minimum Gasteiger partial charge on any atom is -0.462 e. The number of piperazine rings is 1. The summed E-state index contributed by atoms with van der Waals surface area (Å²) in [6, 6.07) is 14.0. The molecule has 9 heteroatoms. The Balaban J connectivity index is 1.33. The van der Waals surface area contributed by atoms with Crippen molar-refractivity contribution >= 4 is 28.2 Å². The number of carbonyl (C=O) groups excluding carboxylic acids is 1. The number of anilines is 2. The normalized spacial score (nSPS) is 19.2. The van der Waals surface area contributed by atoms with Crippen molar-refractivity contribution in [2.45, 2.75) is 57.8 Å². The minimum absolute atomic E-state index is 0.128. The number of likely N-dealkylation sites (N-methyl/N-ethyl adjacent to an activating group) is 1. The van der Waals surface area contributed by atoms with Crippen molar-refractivity contribution in [1.29, 1.82) is 0 Å². The van der Waals surface area contributed by atoms with Crippen LogP contribution in [0.15, 0.2) is 49.1 Å². The highest BCUT2D eigenvalue weighted by Crippen LogP contribution is 2.36. The summed E-state index contributed by atoms with van der Waals surface area (Å²) in [5.74, 6) is 0.745. The summed E-state index contributed by atoms with van der Waals surface area (Å²) in [5.41, 5.74) is 4.59. The smallest absolute Gasteiger partial charge is 0.318 e. The number of rotatable bonds is 9. The van der Waals surface area contributed by atoms with Gasteiger partial charge >= 0.3 is 6.01 Å². The summed E-state index contributed by atoms with van der Waals surface area (Å²) in [5, 5.41) is 2.52. The summed E-state index contributed by atoms with van der Waals surface area (Å²) in [7, 11) is 2.16. The average Bonchev–Trinajstić information content (AvgIpc) is 3.88. The van der Waals surface area contributed by atoms with Crippen LogP contribution in [-0.2, 0) is 17.8 Å². The van der Waals surface area contributed by atoms with E-state index >= 15 is 0 Å². The van der Waals surface area contributed by atoms with Gasteiger partial charge in [0.25, 0.3) is 0 Å². The molecule has 3 aliphatic rings. The van der Waals surface area contributed by atoms with Gasteiger partial charge in [-0.3, -0.25) is 9.69 Å². The largest absolute Gasteiger partial charge is 0.462 e. The molecule has 1 amide bonds. The second-order valence-corrected chi connectivity index (χ2v) is 12.1. The lowest BCUT2D eigenvalue weighted by Crippen LogP contribution is -2.56. The van der Waals surface area contributed by atoms with Crippen molar-refractivity contribution in [3.05, 3.63) is 77.3 Å². The highest BCUT2D eigenvalue weighted by atomic mass is 16.5. The van der Waals surface area contributed by atoms with E-state index in [0.717, 1.165) is 30.0 Å². The fraction of sp³-hybridized carbons (Fsp3) is 0.471. The summed E-state index contributed by atoms with van der Waals surface area (Å²) in [6.07, 6.45) is 4.63. The van der Waals surface area contributed by atoms with Crippen LogP contribution in [0.5, 0.6) is 6.01 Å². The highest BCUT2D eigenvalue weighted by molar-refractivity contribution is 5.97. The molecule has 224 valence electrons. The van der Waals surface area contributed by atoms with Crippen LogP contribution < -0.4 is 14.5 Å². The summed E-state index contributed by atoms with van der Waals surface area (Å²) >= 11 is 0. The number of benzene rings is 2. The number of ether oxygens (including phenoxy) is 1. The molecule has 1 aromatic heterocycles. The molecule has 3 aromatic rings. The van der Waals surface area contributed by atoms with Gasteiger partial charge in [-0.2, -0.15) is 9.97 Å². The van der Waals surface area contributed by atoms with Gasteiger partial charge in [0, 0.05) is 54.9 Å². The van der Waals surface area contributed by atoms with Gasteiger partial charge in [-0.15, -0.1) is 0 Å². The zero-order valence-corrected chi connectivity index (χ0v) is 25.5. The number of fused-ring (bicyclic) bond motifs is 2. The predicted molar refractivity (Wildman–Crippen MR) is 171 cm³/mol. The molecule has 0 N–H and O–H groups in total. The molecule has 0 radical (unpaired) electrons. The topological polar surface area (TPSA) is 69.4 Å². The molecule has 1 saturated heterocycles. The van der Waals surface area contributed by atoms with E-state index in [1.54, 1.807) is 4.90 Å². The first-order valence-electron chi connectivity index (χ1n) is 15.4. The van der Waals surface area contributed by atoms with Crippen LogP contribution in [0, 0.1) is 13.5 Å². The Kier molecular flexibility index (Phi) is 8.22. The lowest BCUT2D eigenvalue weighted by atomic mass is 9.99. The van der Waals surface area contributed by atoms with Crippen LogP contribution >= 0.6 is 0 Å². The van der Waals surface area contributed by atoms with Gasteiger partial charge in [0.1, 0.15) is 18.5 Å². The number of aromatic nitrogens is 2. The molecule has 9 nitrogen and oxygen atoms in total. The molecule has 2 aromatic carbocycles. The number of hydrogen-bond acceptors (Lipinski definition) is 7. The third-order valence-corrected chi connectivity index (χ3v) is 9.27. The van der Waals surface area contributed by atoms with Gasteiger partial charge in [0.2, 0.25) is 12.5 Å². The van der Waals surface area contributed by atoms with Gasteiger partial charge in [0.15, 0.2) is 0 Å². The van der Waals surface area contributed by atoms with Crippen molar-refractivity contribution in [3.8, 4) is 6.01 Å². The molecule has 2 fully saturated rings. The first kappa shape index (κ1) is 28.9. The third-order valence-electron chi connectivity index (χ3n) is 9.27. The van der Waals surface area contributed by atoms with Crippen molar-refractivity contribution in [2.75, 3.05) is 56.2 Å². The Morgan fingerprint density at radius 2 is 1.98 bits per heavy atom. The lowest BCUT2D eigenvalue weighted by molar-refractivity contribution is -0.128. The van der Waals surface area contributed by atoms with E-state index in [1.807, 2.05) is 0 Å². The molecule has 2 atom stereocenters. The maximum absolute atomic E-state index is 12.6. The fourth-order valence-corrected chi connectivity index (χ4v) is 6.56. The fourth-order valence-electron chi connectivity index (χ4n) is 6.56. The molecule has 3 heterocycles. The summed E-state index contributed by atoms with van der Waals surface area (Å²) < 4.78 is 6.31. The Bertz CT molecular complexity index is 1560. The average molecular weight is 580 g/mol. The second-order valence-electron chi connectivity index (χ2n) is 12.1.